The van der Waals surface area contributed by atoms with Crippen molar-refractivity contribution in [3.63, 3.8) is 0 Å². The summed E-state index contributed by atoms with van der Waals surface area (Å²) >= 11 is 0. The molecule has 0 bridgehead atoms. The van der Waals surface area contributed by atoms with Crippen molar-refractivity contribution < 1.29 is 9.90 Å². The Labute approximate surface area is 73.4 Å². The van der Waals surface area contributed by atoms with Crippen LogP contribution in [-0.4, -0.2) is 35.6 Å². The van der Waals surface area contributed by atoms with Crippen LogP contribution in [0.5, 0.6) is 0 Å². The van der Waals surface area contributed by atoms with Crippen LogP contribution in [0, 0.1) is 18.3 Å². The Morgan fingerprint density at radius 3 is 2.67 bits per heavy atom. The maximum Gasteiger partial charge on any atom is 0.307 e. The van der Waals surface area contributed by atoms with E-state index < -0.39 is 5.97 Å². The molecule has 0 radical (unpaired) electrons. The molecule has 0 fully saturated rings. The largest absolute Gasteiger partial charge is 0.481 e. The topological polar surface area (TPSA) is 40.5 Å². The van der Waals surface area contributed by atoms with Crippen LogP contribution in [0.4, 0.5) is 0 Å². The fourth-order valence-corrected chi connectivity index (χ4v) is 0.900. The van der Waals surface area contributed by atoms with Crippen molar-refractivity contribution in [1.29, 1.82) is 0 Å². The number of carbonyl (C=O) groups is 1. The van der Waals surface area contributed by atoms with Crippen LogP contribution in [0.25, 0.3) is 0 Å². The second kappa shape index (κ2) is 5.62. The van der Waals surface area contributed by atoms with E-state index in [-0.39, 0.29) is 5.92 Å². The predicted molar refractivity (Wildman–Crippen MR) is 47.7 cm³/mol. The average molecular weight is 169 g/mol. The van der Waals surface area contributed by atoms with Gasteiger partial charge in [-0.1, -0.05) is 19.8 Å². The minimum absolute atomic E-state index is 0.349. The Morgan fingerprint density at radius 1 is 1.75 bits per heavy atom. The molecule has 0 saturated carbocycles. The molecule has 68 valence electrons. The summed E-state index contributed by atoms with van der Waals surface area (Å²) in [4.78, 5) is 12.4. The van der Waals surface area contributed by atoms with Gasteiger partial charge in [0, 0.05) is 6.54 Å². The molecule has 1 unspecified atom stereocenters. The van der Waals surface area contributed by atoms with Gasteiger partial charge in [0.05, 0.1) is 12.5 Å². The Bertz CT molecular complexity index is 183. The van der Waals surface area contributed by atoms with Crippen LogP contribution in [0.1, 0.15) is 13.8 Å². The van der Waals surface area contributed by atoms with Gasteiger partial charge in [-0.25, -0.2) is 0 Å². The average Bonchev–Trinajstić information content (AvgIpc) is 2.03. The molecule has 0 aromatic rings. The number of hydrogen-bond acceptors (Lipinski definition) is 2. The number of carboxylic acids is 1. The van der Waals surface area contributed by atoms with Crippen LogP contribution in [0.2, 0.25) is 0 Å². The second-order valence-electron chi connectivity index (χ2n) is 2.77. The van der Waals surface area contributed by atoms with Gasteiger partial charge in [-0.3, -0.25) is 9.69 Å². The molecule has 12 heavy (non-hydrogen) atoms. The zero-order chi connectivity index (χ0) is 9.56. The highest BCUT2D eigenvalue weighted by molar-refractivity contribution is 5.69. The van der Waals surface area contributed by atoms with E-state index in [0.29, 0.717) is 13.1 Å². The fraction of sp³-hybridized carbons (Fsp3) is 0.667. The molecule has 0 aromatic carbocycles. The highest BCUT2D eigenvalue weighted by atomic mass is 16.4. The van der Waals surface area contributed by atoms with Crippen LogP contribution >= 0.6 is 0 Å². The van der Waals surface area contributed by atoms with Crippen molar-refractivity contribution in [1.82, 2.24) is 4.90 Å². The van der Waals surface area contributed by atoms with Gasteiger partial charge in [-0.05, 0) is 6.54 Å². The van der Waals surface area contributed by atoms with Gasteiger partial charge in [-0.15, -0.1) is 6.42 Å². The summed E-state index contributed by atoms with van der Waals surface area (Å²) in [7, 11) is 0. The first-order chi connectivity index (χ1) is 5.61. The minimum atomic E-state index is -0.773. The number of hydrogen-bond donors (Lipinski definition) is 1. The van der Waals surface area contributed by atoms with Gasteiger partial charge in [0.25, 0.3) is 0 Å². The van der Waals surface area contributed by atoms with Crippen molar-refractivity contribution in [2.45, 2.75) is 13.8 Å². The molecule has 0 saturated heterocycles. The molecule has 0 aliphatic carbocycles. The number of nitrogens with zero attached hydrogens (tertiary/aromatic N) is 1. The first-order valence-electron chi connectivity index (χ1n) is 4.00. The van der Waals surface area contributed by atoms with E-state index in [4.69, 9.17) is 11.5 Å². The highest BCUT2D eigenvalue weighted by Gasteiger charge is 2.13. The molecule has 0 spiro atoms. The maximum atomic E-state index is 10.5. The molecule has 3 heteroatoms. The summed E-state index contributed by atoms with van der Waals surface area (Å²) in [5.41, 5.74) is 0. The first-order valence-corrected chi connectivity index (χ1v) is 4.00. The van der Waals surface area contributed by atoms with Gasteiger partial charge in [0.15, 0.2) is 0 Å². The summed E-state index contributed by atoms with van der Waals surface area (Å²) < 4.78 is 0. The van der Waals surface area contributed by atoms with Crippen molar-refractivity contribution in [3.05, 3.63) is 0 Å². The number of terminal acetylenes is 1. The molecule has 0 aliphatic heterocycles. The Hall–Kier alpha value is -1.01. The molecule has 0 heterocycles. The number of aliphatic carboxylic acids is 1. The summed E-state index contributed by atoms with van der Waals surface area (Å²) in [6.07, 6.45) is 5.12. The molecule has 0 amide bonds. The summed E-state index contributed by atoms with van der Waals surface area (Å²) in [5, 5.41) is 8.62. The minimum Gasteiger partial charge on any atom is -0.481 e. The van der Waals surface area contributed by atoms with Crippen LogP contribution in [-0.2, 0) is 4.79 Å². The van der Waals surface area contributed by atoms with E-state index in [0.717, 1.165) is 6.54 Å². The lowest BCUT2D eigenvalue weighted by Crippen LogP contribution is -2.31. The number of carboxylic acid groups (broad SMARTS) is 1. The molecule has 1 N–H and O–H groups in total. The molecule has 1 atom stereocenters. The van der Waals surface area contributed by atoms with Gasteiger partial charge in [0.2, 0.25) is 0 Å². The Balaban J connectivity index is 3.86. The normalized spacial score (nSPS) is 12.5. The number of rotatable bonds is 5. The van der Waals surface area contributed by atoms with Crippen molar-refractivity contribution >= 4 is 5.97 Å². The van der Waals surface area contributed by atoms with Gasteiger partial charge in [0.1, 0.15) is 0 Å². The second-order valence-corrected chi connectivity index (χ2v) is 2.77. The smallest absolute Gasteiger partial charge is 0.307 e. The lowest BCUT2D eigenvalue weighted by molar-refractivity contribution is -0.141. The standard InChI is InChI=1S/C9H15NO2/c1-4-6-10(5-2)7-8(3)9(11)12/h1,8H,5-7H2,2-3H3,(H,11,12). The van der Waals surface area contributed by atoms with Crippen molar-refractivity contribution in [3.8, 4) is 12.3 Å². The highest BCUT2D eigenvalue weighted by Crippen LogP contribution is 1.98. The summed E-state index contributed by atoms with van der Waals surface area (Å²) in [6, 6.07) is 0. The summed E-state index contributed by atoms with van der Waals surface area (Å²) in [5.74, 6) is 1.37. The lowest BCUT2D eigenvalue weighted by Gasteiger charge is -2.19. The SMILES string of the molecule is C#CCN(CC)CC(C)C(=O)O. The van der Waals surface area contributed by atoms with E-state index >= 15 is 0 Å². The molecule has 0 rings (SSSR count). The first kappa shape index (κ1) is 11.0. The fourth-order valence-electron chi connectivity index (χ4n) is 0.900. The van der Waals surface area contributed by atoms with Crippen LogP contribution in [0.15, 0.2) is 0 Å². The van der Waals surface area contributed by atoms with Crippen molar-refractivity contribution in [2.75, 3.05) is 19.6 Å². The van der Waals surface area contributed by atoms with E-state index in [1.165, 1.54) is 0 Å². The van der Waals surface area contributed by atoms with Crippen LogP contribution in [0.3, 0.4) is 0 Å². The van der Waals surface area contributed by atoms with E-state index in [2.05, 4.69) is 5.92 Å². The van der Waals surface area contributed by atoms with E-state index in [9.17, 15) is 4.79 Å². The molecule has 0 aliphatic rings. The zero-order valence-electron chi connectivity index (χ0n) is 7.58. The Kier molecular flexibility index (Phi) is 5.14. The van der Waals surface area contributed by atoms with Gasteiger partial charge in [-0.2, -0.15) is 0 Å². The molecule has 0 aromatic heterocycles. The van der Waals surface area contributed by atoms with E-state index in [1.54, 1.807) is 6.92 Å². The maximum absolute atomic E-state index is 10.5. The third kappa shape index (κ3) is 3.99. The third-order valence-electron chi connectivity index (χ3n) is 1.72. The van der Waals surface area contributed by atoms with Gasteiger partial charge < -0.3 is 5.11 Å². The van der Waals surface area contributed by atoms with Crippen molar-refractivity contribution in [2.24, 2.45) is 5.92 Å². The van der Waals surface area contributed by atoms with Gasteiger partial charge >= 0.3 is 5.97 Å². The molecule has 3 nitrogen and oxygen atoms in total. The Morgan fingerprint density at radius 2 is 2.33 bits per heavy atom. The lowest BCUT2D eigenvalue weighted by atomic mass is 10.2. The molecular weight excluding hydrogens is 154 g/mol. The predicted octanol–water partition coefficient (Wildman–Crippen LogP) is 0.662. The molecular formula is C9H15NO2. The zero-order valence-corrected chi connectivity index (χ0v) is 7.58. The summed E-state index contributed by atoms with van der Waals surface area (Å²) in [6.45, 7) is 5.49. The third-order valence-corrected chi connectivity index (χ3v) is 1.72. The van der Waals surface area contributed by atoms with Crippen LogP contribution < -0.4 is 0 Å². The monoisotopic (exact) mass is 169 g/mol. The quantitative estimate of drug-likeness (QED) is 0.615. The van der Waals surface area contributed by atoms with E-state index in [1.807, 2.05) is 11.8 Å².